The Morgan fingerprint density at radius 1 is 0.967 bits per heavy atom. The molecule has 0 unspecified atom stereocenters. The molecule has 0 amide bonds. The van der Waals surface area contributed by atoms with E-state index in [1.165, 1.54) is 38.5 Å². The van der Waals surface area contributed by atoms with Crippen molar-refractivity contribution in [3.63, 3.8) is 0 Å². The van der Waals surface area contributed by atoms with Gasteiger partial charge in [0.2, 0.25) is 6.29 Å². The number of phenolic OH excluding ortho intramolecular Hbond substituents is 3. The van der Waals surface area contributed by atoms with Gasteiger partial charge >= 0.3 is 5.63 Å². The van der Waals surface area contributed by atoms with Crippen molar-refractivity contribution in [3.8, 4) is 39.9 Å². The van der Waals surface area contributed by atoms with E-state index in [-0.39, 0.29) is 34.3 Å². The van der Waals surface area contributed by atoms with Crippen LogP contribution in [-0.4, -0.2) is 29.5 Å². The highest BCUT2D eigenvalue weighted by atomic mass is 16.7. The first kappa shape index (κ1) is 19.4. The Bertz CT molecular complexity index is 1210. The zero-order chi connectivity index (χ0) is 21.4. The molecule has 0 spiro atoms. The molecule has 0 aliphatic carbocycles. The van der Waals surface area contributed by atoms with Crippen LogP contribution in [0.4, 0.5) is 0 Å². The number of ether oxygens (including phenoxy) is 3. The first-order chi connectivity index (χ1) is 14.4. The van der Waals surface area contributed by atoms with Gasteiger partial charge in [-0.1, -0.05) is 12.1 Å². The van der Waals surface area contributed by atoms with E-state index in [0.717, 1.165) is 0 Å². The topological polar surface area (TPSA) is 119 Å². The lowest BCUT2D eigenvalue weighted by Gasteiger charge is -2.27. The maximum absolute atomic E-state index is 12.7. The molecule has 2 aromatic carbocycles. The molecule has 3 aromatic rings. The van der Waals surface area contributed by atoms with Gasteiger partial charge in [0.05, 0.1) is 7.11 Å². The molecule has 2 heterocycles. The summed E-state index contributed by atoms with van der Waals surface area (Å²) in [5.41, 5.74) is 0.915. The van der Waals surface area contributed by atoms with E-state index >= 15 is 0 Å². The molecule has 1 atom stereocenters. The molecule has 4 rings (SSSR count). The Morgan fingerprint density at radius 2 is 1.73 bits per heavy atom. The first-order valence-corrected chi connectivity index (χ1v) is 8.90. The number of rotatable bonds is 4. The molecular formula is C22H18O8. The highest BCUT2D eigenvalue weighted by Gasteiger charge is 2.31. The molecule has 3 N–H and O–H groups in total. The van der Waals surface area contributed by atoms with Crippen molar-refractivity contribution in [2.24, 2.45) is 0 Å². The van der Waals surface area contributed by atoms with Crippen LogP contribution in [0.5, 0.6) is 28.7 Å². The summed E-state index contributed by atoms with van der Waals surface area (Å²) < 4.78 is 21.5. The molecule has 8 heteroatoms. The predicted molar refractivity (Wildman–Crippen MR) is 108 cm³/mol. The lowest BCUT2D eigenvalue weighted by Crippen LogP contribution is -2.20. The molecule has 0 fully saturated rings. The fourth-order valence-electron chi connectivity index (χ4n) is 3.24. The highest BCUT2D eigenvalue weighted by Crippen LogP contribution is 2.45. The fourth-order valence-corrected chi connectivity index (χ4v) is 3.24. The van der Waals surface area contributed by atoms with Crippen LogP contribution in [0.15, 0.2) is 45.6 Å². The number of hydrogen-bond donors (Lipinski definition) is 3. The minimum atomic E-state index is -0.876. The van der Waals surface area contributed by atoms with Gasteiger partial charge in [0.25, 0.3) is 0 Å². The van der Waals surface area contributed by atoms with Crippen molar-refractivity contribution >= 4 is 12.2 Å². The third kappa shape index (κ3) is 3.33. The van der Waals surface area contributed by atoms with Crippen LogP contribution in [0.2, 0.25) is 0 Å². The van der Waals surface area contributed by atoms with Crippen molar-refractivity contribution in [3.05, 3.63) is 63.7 Å². The van der Waals surface area contributed by atoms with Gasteiger partial charge in [0.1, 0.15) is 17.1 Å². The quantitative estimate of drug-likeness (QED) is 0.558. The molecule has 8 nitrogen and oxygen atoms in total. The van der Waals surface area contributed by atoms with E-state index in [9.17, 15) is 20.1 Å². The largest absolute Gasteiger partial charge is 0.504 e. The summed E-state index contributed by atoms with van der Waals surface area (Å²) in [4.78, 5) is 12.7. The molecule has 0 radical (unpaired) electrons. The number of hydrogen-bond acceptors (Lipinski definition) is 8. The maximum Gasteiger partial charge on any atom is 0.347 e. The van der Waals surface area contributed by atoms with Gasteiger partial charge in [-0.3, -0.25) is 0 Å². The second-order valence-electron chi connectivity index (χ2n) is 6.55. The standard InChI is InChI=1S/C22H18O8/c1-27-18-7-11(4-6-15(18)23)3-5-12-8-19-20(21(26)29-12)13-9-16(24)17(25)10-14(13)22(28-2)30-19/h3-10,22-25H,1-2H3/t22-/m1/s1. The second-order valence-corrected chi connectivity index (χ2v) is 6.55. The van der Waals surface area contributed by atoms with Crippen molar-refractivity contribution in [2.45, 2.75) is 6.29 Å². The van der Waals surface area contributed by atoms with Crippen LogP contribution in [0, 0.1) is 0 Å². The van der Waals surface area contributed by atoms with Crippen LogP contribution in [0.1, 0.15) is 23.2 Å². The fraction of sp³-hybridized carbons (Fsp3) is 0.136. The number of aromatic hydroxyl groups is 3. The lowest BCUT2D eigenvalue weighted by atomic mass is 9.96. The third-order valence-electron chi connectivity index (χ3n) is 4.70. The van der Waals surface area contributed by atoms with E-state index < -0.39 is 11.9 Å². The van der Waals surface area contributed by atoms with Crippen molar-refractivity contribution in [1.82, 2.24) is 0 Å². The molecule has 154 valence electrons. The molecule has 0 bridgehead atoms. The van der Waals surface area contributed by atoms with Gasteiger partial charge in [0.15, 0.2) is 23.0 Å². The van der Waals surface area contributed by atoms with Crippen molar-refractivity contribution in [2.75, 3.05) is 14.2 Å². The monoisotopic (exact) mass is 410 g/mol. The molecule has 1 aliphatic rings. The molecule has 0 saturated carbocycles. The zero-order valence-electron chi connectivity index (χ0n) is 16.1. The summed E-state index contributed by atoms with van der Waals surface area (Å²) in [5, 5.41) is 29.3. The minimum Gasteiger partial charge on any atom is -0.504 e. The van der Waals surface area contributed by atoms with Gasteiger partial charge in [-0.25, -0.2) is 4.79 Å². The Morgan fingerprint density at radius 3 is 2.47 bits per heavy atom. The number of benzene rings is 2. The van der Waals surface area contributed by atoms with Crippen molar-refractivity contribution < 1.29 is 33.9 Å². The van der Waals surface area contributed by atoms with E-state index in [4.69, 9.17) is 18.6 Å². The summed E-state index contributed by atoms with van der Waals surface area (Å²) >= 11 is 0. The number of methoxy groups -OCH3 is 2. The molecule has 1 aliphatic heterocycles. The molecule has 1 aromatic heterocycles. The van der Waals surface area contributed by atoms with Crippen LogP contribution in [0.3, 0.4) is 0 Å². The van der Waals surface area contributed by atoms with Crippen LogP contribution in [0.25, 0.3) is 23.3 Å². The van der Waals surface area contributed by atoms with Crippen LogP contribution < -0.4 is 15.1 Å². The van der Waals surface area contributed by atoms with Crippen LogP contribution >= 0.6 is 0 Å². The normalized spacial score (nSPS) is 14.8. The van der Waals surface area contributed by atoms with Gasteiger partial charge in [-0.2, -0.15) is 0 Å². The average molecular weight is 410 g/mol. The van der Waals surface area contributed by atoms with Crippen LogP contribution in [-0.2, 0) is 4.74 Å². The third-order valence-corrected chi connectivity index (χ3v) is 4.70. The number of fused-ring (bicyclic) bond motifs is 3. The SMILES string of the molecule is COc1cc(C=Cc2cc3c(c(=O)o2)-c2cc(O)c(O)cc2[C@H](OC)O3)ccc1O. The minimum absolute atomic E-state index is 0.0157. The van der Waals surface area contributed by atoms with E-state index in [1.54, 1.807) is 24.3 Å². The molecule has 30 heavy (non-hydrogen) atoms. The first-order valence-electron chi connectivity index (χ1n) is 8.90. The zero-order valence-corrected chi connectivity index (χ0v) is 16.1. The second kappa shape index (κ2) is 7.49. The smallest absolute Gasteiger partial charge is 0.347 e. The van der Waals surface area contributed by atoms with E-state index in [2.05, 4.69) is 0 Å². The van der Waals surface area contributed by atoms with E-state index in [0.29, 0.717) is 22.4 Å². The van der Waals surface area contributed by atoms with E-state index in [1.807, 2.05) is 0 Å². The Labute approximate surface area is 170 Å². The predicted octanol–water partition coefficient (Wildman–Crippen LogP) is 3.64. The molecular weight excluding hydrogens is 392 g/mol. The Balaban J connectivity index is 1.76. The lowest BCUT2D eigenvalue weighted by molar-refractivity contribution is -0.0583. The Hall–Kier alpha value is -3.91. The highest BCUT2D eigenvalue weighted by molar-refractivity contribution is 5.78. The van der Waals surface area contributed by atoms with Crippen molar-refractivity contribution in [1.29, 1.82) is 0 Å². The maximum atomic E-state index is 12.7. The summed E-state index contributed by atoms with van der Waals surface area (Å²) in [6, 6.07) is 8.88. The molecule has 0 saturated heterocycles. The number of phenols is 3. The summed E-state index contributed by atoms with van der Waals surface area (Å²) in [6.45, 7) is 0. The Kier molecular flexibility index (Phi) is 4.85. The summed E-state index contributed by atoms with van der Waals surface area (Å²) in [6.07, 6.45) is 2.38. The summed E-state index contributed by atoms with van der Waals surface area (Å²) in [7, 11) is 2.87. The van der Waals surface area contributed by atoms with Gasteiger partial charge in [-0.15, -0.1) is 0 Å². The van der Waals surface area contributed by atoms with Gasteiger partial charge in [0, 0.05) is 24.3 Å². The average Bonchev–Trinajstić information content (AvgIpc) is 2.73. The summed E-state index contributed by atoms with van der Waals surface area (Å²) in [5.74, 6) is 0.0554. The van der Waals surface area contributed by atoms with Gasteiger partial charge < -0.3 is 33.9 Å². The van der Waals surface area contributed by atoms with Gasteiger partial charge in [-0.05, 0) is 35.9 Å².